The van der Waals surface area contributed by atoms with Crippen LogP contribution in [-0.4, -0.2) is 28.0 Å². The molecule has 2 nitrogen and oxygen atoms in total. The second-order valence-electron chi connectivity index (χ2n) is 4.35. The number of pyridine rings is 1. The van der Waals surface area contributed by atoms with Gasteiger partial charge in [0.05, 0.1) is 0 Å². The molecule has 0 saturated carbocycles. The summed E-state index contributed by atoms with van der Waals surface area (Å²) >= 11 is -1.95. The van der Waals surface area contributed by atoms with E-state index in [0.717, 1.165) is 0 Å². The van der Waals surface area contributed by atoms with Gasteiger partial charge in [0.25, 0.3) is 0 Å². The van der Waals surface area contributed by atoms with Crippen molar-refractivity contribution in [2.24, 2.45) is 0 Å². The monoisotopic (exact) mass is 282 g/mol. The Morgan fingerprint density at radius 2 is 2.00 bits per heavy atom. The Morgan fingerprint density at radius 1 is 1.23 bits per heavy atom. The summed E-state index contributed by atoms with van der Waals surface area (Å²) in [7, 11) is 0. The first-order valence-corrected chi connectivity index (χ1v) is 14.5. The van der Waals surface area contributed by atoms with Crippen LogP contribution in [0.2, 0.25) is 14.8 Å². The first kappa shape index (κ1) is 9.06. The van der Waals surface area contributed by atoms with Gasteiger partial charge in [0.15, 0.2) is 0 Å². The second-order valence-corrected chi connectivity index (χ2v) is 18.7. The number of rotatable bonds is 1. The zero-order chi connectivity index (χ0) is 9.47. The molecule has 2 heterocycles. The van der Waals surface area contributed by atoms with Gasteiger partial charge < -0.3 is 0 Å². The summed E-state index contributed by atoms with van der Waals surface area (Å²) in [5, 5.41) is 4.59. The summed E-state index contributed by atoms with van der Waals surface area (Å²) in [6.07, 6.45) is 2.01. The van der Waals surface area contributed by atoms with Crippen LogP contribution in [0.1, 0.15) is 0 Å². The van der Waals surface area contributed by atoms with Crippen molar-refractivity contribution in [1.29, 1.82) is 0 Å². The zero-order valence-corrected chi connectivity index (χ0v) is 11.1. The fraction of sp³-hybridized carbons (Fsp3) is 0.300. The van der Waals surface area contributed by atoms with Gasteiger partial charge in [-0.05, 0) is 0 Å². The molecule has 2 aromatic rings. The number of hydrogen-bond donors (Lipinski definition) is 0. The van der Waals surface area contributed by atoms with Crippen molar-refractivity contribution >= 4 is 27.6 Å². The SMILES string of the molecule is [CH3][Sn]([CH3])([CH3])[c]1cc2ccccn2n1. The van der Waals surface area contributed by atoms with Crippen molar-refractivity contribution in [3.05, 3.63) is 30.5 Å². The van der Waals surface area contributed by atoms with Gasteiger partial charge in [0.2, 0.25) is 0 Å². The minimum atomic E-state index is -1.95. The Morgan fingerprint density at radius 3 is 2.62 bits per heavy atom. The van der Waals surface area contributed by atoms with Gasteiger partial charge in [-0.15, -0.1) is 0 Å². The molecule has 2 rings (SSSR count). The Labute approximate surface area is 82.4 Å². The number of hydrogen-bond acceptors (Lipinski definition) is 1. The molecule has 0 spiro atoms. The van der Waals surface area contributed by atoms with E-state index < -0.39 is 18.4 Å². The topological polar surface area (TPSA) is 17.3 Å². The Kier molecular flexibility index (Phi) is 2.10. The average Bonchev–Trinajstić information content (AvgIpc) is 2.45. The number of fused-ring (bicyclic) bond motifs is 1. The molecule has 0 saturated heterocycles. The number of nitrogens with zero attached hydrogens (tertiary/aromatic N) is 2. The van der Waals surface area contributed by atoms with E-state index in [4.69, 9.17) is 0 Å². The quantitative estimate of drug-likeness (QED) is 0.729. The third kappa shape index (κ3) is 1.72. The summed E-state index contributed by atoms with van der Waals surface area (Å²) in [4.78, 5) is 7.16. The molecule has 0 aliphatic carbocycles. The van der Waals surface area contributed by atoms with E-state index in [1.165, 1.54) is 9.23 Å². The maximum absolute atomic E-state index is 4.59. The Bertz CT molecular complexity index is 393. The van der Waals surface area contributed by atoms with Gasteiger partial charge in [-0.1, -0.05) is 0 Å². The molecule has 13 heavy (non-hydrogen) atoms. The van der Waals surface area contributed by atoms with Crippen LogP contribution in [0.5, 0.6) is 0 Å². The second kappa shape index (κ2) is 3.01. The van der Waals surface area contributed by atoms with E-state index in [2.05, 4.69) is 38.1 Å². The molecular formula is C10H14N2Sn. The summed E-state index contributed by atoms with van der Waals surface area (Å²) < 4.78 is 3.32. The van der Waals surface area contributed by atoms with Gasteiger partial charge in [-0.3, -0.25) is 0 Å². The first-order chi connectivity index (χ1) is 6.07. The standard InChI is InChI=1S/C7H5N2.3CH3.Sn/c1-2-6-9-7(3-1)4-5-8-9;;;;/h1-4,6H;3*1H3;. The predicted molar refractivity (Wildman–Crippen MR) is 58.2 cm³/mol. The summed E-state index contributed by atoms with van der Waals surface area (Å²) in [6, 6.07) is 8.41. The molecule has 2 aromatic heterocycles. The third-order valence-electron chi connectivity index (χ3n) is 2.14. The molecule has 0 aliphatic rings. The summed E-state index contributed by atoms with van der Waals surface area (Å²) in [5.74, 6) is 0. The van der Waals surface area contributed by atoms with E-state index in [1.54, 1.807) is 0 Å². The molecule has 0 unspecified atom stereocenters. The van der Waals surface area contributed by atoms with Crippen LogP contribution >= 0.6 is 0 Å². The van der Waals surface area contributed by atoms with E-state index in [1.807, 2.05) is 16.8 Å². The van der Waals surface area contributed by atoms with Gasteiger partial charge in [0.1, 0.15) is 0 Å². The zero-order valence-electron chi connectivity index (χ0n) is 8.28. The summed E-state index contributed by atoms with van der Waals surface area (Å²) in [6.45, 7) is 0. The average molecular weight is 281 g/mol. The van der Waals surface area contributed by atoms with Crippen molar-refractivity contribution in [2.75, 3.05) is 0 Å². The van der Waals surface area contributed by atoms with Crippen molar-refractivity contribution in [2.45, 2.75) is 14.8 Å². The van der Waals surface area contributed by atoms with Crippen LogP contribution < -0.4 is 3.71 Å². The van der Waals surface area contributed by atoms with Gasteiger partial charge in [-0.25, -0.2) is 0 Å². The third-order valence-corrected chi connectivity index (χ3v) is 7.22. The molecule has 0 amide bonds. The van der Waals surface area contributed by atoms with E-state index in [0.29, 0.717) is 0 Å². The minimum absolute atomic E-state index is 1.21. The molecular weight excluding hydrogens is 267 g/mol. The van der Waals surface area contributed by atoms with Crippen LogP contribution in [0.15, 0.2) is 30.5 Å². The Balaban J connectivity index is 2.63. The molecule has 0 bridgehead atoms. The maximum atomic E-state index is 4.59. The first-order valence-electron chi connectivity index (χ1n) is 4.52. The summed E-state index contributed by atoms with van der Waals surface area (Å²) in [5.41, 5.74) is 1.21. The van der Waals surface area contributed by atoms with Crippen molar-refractivity contribution in [3.8, 4) is 0 Å². The van der Waals surface area contributed by atoms with Crippen molar-refractivity contribution in [1.82, 2.24) is 9.61 Å². The van der Waals surface area contributed by atoms with Crippen LogP contribution in [0.4, 0.5) is 0 Å². The molecule has 3 heteroatoms. The Hall–Kier alpha value is -0.511. The van der Waals surface area contributed by atoms with Crippen LogP contribution in [-0.2, 0) is 0 Å². The molecule has 0 N–H and O–H groups in total. The molecule has 0 aromatic carbocycles. The molecule has 68 valence electrons. The van der Waals surface area contributed by atoms with Gasteiger partial charge in [0, 0.05) is 0 Å². The van der Waals surface area contributed by atoms with E-state index >= 15 is 0 Å². The number of aromatic nitrogens is 2. The van der Waals surface area contributed by atoms with Gasteiger partial charge in [-0.2, -0.15) is 0 Å². The molecule has 0 fully saturated rings. The van der Waals surface area contributed by atoms with Crippen LogP contribution in [0, 0.1) is 0 Å². The normalized spacial score (nSPS) is 12.2. The van der Waals surface area contributed by atoms with Crippen LogP contribution in [0.3, 0.4) is 0 Å². The van der Waals surface area contributed by atoms with E-state index in [9.17, 15) is 0 Å². The molecule has 0 atom stereocenters. The van der Waals surface area contributed by atoms with Gasteiger partial charge >= 0.3 is 82.5 Å². The van der Waals surface area contributed by atoms with Crippen molar-refractivity contribution < 1.29 is 0 Å². The fourth-order valence-electron chi connectivity index (χ4n) is 1.30. The molecule has 0 radical (unpaired) electrons. The van der Waals surface area contributed by atoms with E-state index in [-0.39, 0.29) is 0 Å². The van der Waals surface area contributed by atoms with Crippen LogP contribution in [0.25, 0.3) is 5.52 Å². The molecule has 0 aliphatic heterocycles. The van der Waals surface area contributed by atoms with Crippen molar-refractivity contribution in [3.63, 3.8) is 0 Å². The fourth-order valence-corrected chi connectivity index (χ4v) is 4.13. The predicted octanol–water partition coefficient (Wildman–Crippen LogP) is 1.88.